The van der Waals surface area contributed by atoms with E-state index in [2.05, 4.69) is 31.1 Å². The summed E-state index contributed by atoms with van der Waals surface area (Å²) < 4.78 is 5.67. The number of esters is 1. The van der Waals surface area contributed by atoms with Crippen molar-refractivity contribution in [3.8, 4) is 0 Å². The molecule has 2 N–H and O–H groups in total. The minimum atomic E-state index is -0.365. The van der Waals surface area contributed by atoms with Gasteiger partial charge in [0.1, 0.15) is 11.4 Å². The molecule has 3 rings (SSSR count). The molecule has 0 bridgehead atoms. The van der Waals surface area contributed by atoms with Crippen molar-refractivity contribution >= 4 is 27.7 Å². The maximum absolute atomic E-state index is 12.1. The third-order valence-corrected chi connectivity index (χ3v) is 5.90. The first-order chi connectivity index (χ1) is 12.6. The molecular formula is C19H28BrN3O3. The summed E-state index contributed by atoms with van der Waals surface area (Å²) in [5, 5.41) is 14.0. The average Bonchev–Trinajstić information content (AvgIpc) is 2.86. The van der Waals surface area contributed by atoms with E-state index >= 15 is 0 Å². The van der Waals surface area contributed by atoms with Crippen molar-refractivity contribution < 1.29 is 14.6 Å². The van der Waals surface area contributed by atoms with Gasteiger partial charge in [0.2, 0.25) is 0 Å². The second-order valence-electron chi connectivity index (χ2n) is 7.26. The first kappa shape index (κ1) is 19.6. The van der Waals surface area contributed by atoms with Gasteiger partial charge in [-0.05, 0) is 47.7 Å². The number of ether oxygens (including phenoxy) is 1. The number of piperidine rings is 1. The van der Waals surface area contributed by atoms with Crippen molar-refractivity contribution in [2.45, 2.75) is 63.1 Å². The third-order valence-electron chi connectivity index (χ3n) is 5.46. The van der Waals surface area contributed by atoms with Crippen LogP contribution in [0.5, 0.6) is 0 Å². The molecule has 6 nitrogen and oxygen atoms in total. The highest BCUT2D eigenvalue weighted by atomic mass is 79.9. The zero-order valence-corrected chi connectivity index (χ0v) is 16.9. The highest BCUT2D eigenvalue weighted by Crippen LogP contribution is 2.26. The summed E-state index contributed by atoms with van der Waals surface area (Å²) in [4.78, 5) is 18.7. The number of anilines is 1. The molecule has 1 saturated carbocycles. The first-order valence-electron chi connectivity index (χ1n) is 9.51. The molecule has 2 unspecified atom stereocenters. The lowest BCUT2D eigenvalue weighted by Gasteiger charge is -2.36. The Hall–Kier alpha value is -1.18. The molecule has 2 aliphatic rings. The van der Waals surface area contributed by atoms with E-state index in [1.165, 1.54) is 20.0 Å². The van der Waals surface area contributed by atoms with E-state index < -0.39 is 0 Å². The fraction of sp³-hybridized carbons (Fsp3) is 0.684. The normalized spacial score (nSPS) is 25.0. The maximum atomic E-state index is 12.1. The Labute approximate surface area is 163 Å². The summed E-state index contributed by atoms with van der Waals surface area (Å²) in [5.41, 5.74) is 0.493. The Bertz CT molecular complexity index is 620. The fourth-order valence-corrected chi connectivity index (χ4v) is 4.32. The lowest BCUT2D eigenvalue weighted by atomic mass is 9.99. The summed E-state index contributed by atoms with van der Waals surface area (Å²) in [6.07, 6.45) is 8.94. The predicted molar refractivity (Wildman–Crippen MR) is 105 cm³/mol. The fourth-order valence-electron chi connectivity index (χ4n) is 3.99. The summed E-state index contributed by atoms with van der Waals surface area (Å²) in [7, 11) is 1.39. The zero-order valence-electron chi connectivity index (χ0n) is 15.3. The van der Waals surface area contributed by atoms with Crippen LogP contribution in [0, 0.1) is 0 Å². The second-order valence-corrected chi connectivity index (χ2v) is 8.17. The Morgan fingerprint density at radius 3 is 2.73 bits per heavy atom. The van der Waals surface area contributed by atoms with Crippen molar-refractivity contribution in [1.82, 2.24) is 10.3 Å². The number of methoxy groups -OCH3 is 1. The van der Waals surface area contributed by atoms with Crippen LogP contribution in [0.3, 0.4) is 0 Å². The minimum Gasteiger partial charge on any atom is -0.465 e. The highest BCUT2D eigenvalue weighted by molar-refractivity contribution is 9.10. The lowest BCUT2D eigenvalue weighted by molar-refractivity contribution is 0.0600. The molecule has 1 aliphatic carbocycles. The summed E-state index contributed by atoms with van der Waals surface area (Å²) in [5.74, 6) is 0.323. The molecule has 1 aromatic heterocycles. The van der Waals surface area contributed by atoms with Gasteiger partial charge in [0, 0.05) is 35.8 Å². The van der Waals surface area contributed by atoms with Gasteiger partial charge in [-0.3, -0.25) is 0 Å². The zero-order chi connectivity index (χ0) is 18.5. The van der Waals surface area contributed by atoms with E-state index in [1.54, 1.807) is 12.3 Å². The highest BCUT2D eigenvalue weighted by Gasteiger charge is 2.28. The molecule has 0 radical (unpaired) electrons. The maximum Gasteiger partial charge on any atom is 0.341 e. The quantitative estimate of drug-likeness (QED) is 0.570. The van der Waals surface area contributed by atoms with E-state index in [-0.39, 0.29) is 18.1 Å². The monoisotopic (exact) mass is 425 g/mol. The molecule has 0 amide bonds. The van der Waals surface area contributed by atoms with E-state index in [1.807, 2.05) is 0 Å². The summed E-state index contributed by atoms with van der Waals surface area (Å²) >= 11 is 3.37. The minimum absolute atomic E-state index is 0.213. The number of halogens is 1. The molecule has 144 valence electrons. The van der Waals surface area contributed by atoms with Crippen LogP contribution in [-0.4, -0.2) is 54.4 Å². The molecular weight excluding hydrogens is 398 g/mol. The van der Waals surface area contributed by atoms with E-state index in [0.717, 1.165) is 49.7 Å². The molecule has 1 aromatic rings. The van der Waals surface area contributed by atoms with Gasteiger partial charge in [-0.1, -0.05) is 19.3 Å². The molecule has 1 saturated heterocycles. The van der Waals surface area contributed by atoms with Crippen LogP contribution in [0.4, 0.5) is 5.82 Å². The number of pyridine rings is 1. The number of rotatable bonds is 4. The Kier molecular flexibility index (Phi) is 6.89. The van der Waals surface area contributed by atoms with Gasteiger partial charge in [0.15, 0.2) is 0 Å². The number of aliphatic hydroxyl groups excluding tert-OH is 1. The van der Waals surface area contributed by atoms with Crippen LogP contribution in [0.15, 0.2) is 16.7 Å². The van der Waals surface area contributed by atoms with Crippen molar-refractivity contribution in [2.75, 3.05) is 25.1 Å². The Balaban J connectivity index is 1.61. The number of nitrogens with zero attached hydrogens (tertiary/aromatic N) is 2. The van der Waals surface area contributed by atoms with Crippen LogP contribution >= 0.6 is 15.9 Å². The van der Waals surface area contributed by atoms with Crippen molar-refractivity contribution in [3.05, 3.63) is 22.3 Å². The molecule has 1 aliphatic heterocycles. The number of carbonyl (C=O) groups is 1. The van der Waals surface area contributed by atoms with Crippen molar-refractivity contribution in [3.63, 3.8) is 0 Å². The molecule has 2 fully saturated rings. The smallest absolute Gasteiger partial charge is 0.341 e. The van der Waals surface area contributed by atoms with Gasteiger partial charge < -0.3 is 20.1 Å². The van der Waals surface area contributed by atoms with E-state index in [4.69, 9.17) is 4.74 Å². The van der Waals surface area contributed by atoms with Crippen molar-refractivity contribution in [2.24, 2.45) is 0 Å². The molecule has 26 heavy (non-hydrogen) atoms. The summed E-state index contributed by atoms with van der Waals surface area (Å²) in [6, 6.07) is 2.38. The van der Waals surface area contributed by atoms with Crippen LogP contribution in [0.25, 0.3) is 0 Å². The molecule has 2 atom stereocenters. The predicted octanol–water partition coefficient (Wildman–Crippen LogP) is 2.88. The van der Waals surface area contributed by atoms with Gasteiger partial charge >= 0.3 is 5.97 Å². The Morgan fingerprint density at radius 2 is 2.00 bits per heavy atom. The van der Waals surface area contributed by atoms with Crippen LogP contribution < -0.4 is 10.2 Å². The number of carbonyl (C=O) groups excluding carboxylic acids is 1. The average molecular weight is 426 g/mol. The first-order valence-corrected chi connectivity index (χ1v) is 10.3. The van der Waals surface area contributed by atoms with E-state index in [0.29, 0.717) is 17.4 Å². The summed E-state index contributed by atoms with van der Waals surface area (Å²) in [6.45, 7) is 1.66. The number of aromatic nitrogens is 1. The van der Waals surface area contributed by atoms with Gasteiger partial charge in [-0.25, -0.2) is 9.78 Å². The molecule has 0 spiro atoms. The molecule has 2 heterocycles. The number of hydrogen-bond acceptors (Lipinski definition) is 6. The number of aliphatic hydroxyl groups is 1. The lowest BCUT2D eigenvalue weighted by Crippen LogP contribution is -2.50. The van der Waals surface area contributed by atoms with Gasteiger partial charge in [0.05, 0.1) is 13.2 Å². The third kappa shape index (κ3) is 4.75. The van der Waals surface area contributed by atoms with Crippen LogP contribution in [0.2, 0.25) is 0 Å². The van der Waals surface area contributed by atoms with Crippen LogP contribution in [-0.2, 0) is 4.74 Å². The van der Waals surface area contributed by atoms with Crippen LogP contribution in [0.1, 0.15) is 55.3 Å². The standard InChI is InChI=1S/C19H28BrN3O3/c1-26-19(25)15-11-13(20)12-21-18(15)23-9-7-14(8-10-23)22-16-5-3-2-4-6-17(16)24/h11-12,14,16-17,22,24H,2-10H2,1H3. The largest absolute Gasteiger partial charge is 0.465 e. The number of nitrogens with one attached hydrogen (secondary N) is 1. The topological polar surface area (TPSA) is 74.7 Å². The van der Waals surface area contributed by atoms with Crippen molar-refractivity contribution in [1.29, 1.82) is 0 Å². The van der Waals surface area contributed by atoms with Gasteiger partial charge in [-0.15, -0.1) is 0 Å². The molecule has 0 aromatic carbocycles. The SMILES string of the molecule is COC(=O)c1cc(Br)cnc1N1CCC(NC2CCCCCC2O)CC1. The van der Waals surface area contributed by atoms with E-state index in [9.17, 15) is 9.90 Å². The van der Waals surface area contributed by atoms with Gasteiger partial charge in [-0.2, -0.15) is 0 Å². The van der Waals surface area contributed by atoms with Gasteiger partial charge in [0.25, 0.3) is 0 Å². The second kappa shape index (κ2) is 9.15. The Morgan fingerprint density at radius 1 is 1.27 bits per heavy atom. The molecule has 7 heteroatoms. The number of hydrogen-bond donors (Lipinski definition) is 2.